The summed E-state index contributed by atoms with van der Waals surface area (Å²) >= 11 is 9.10. The zero-order valence-corrected chi connectivity index (χ0v) is 12.9. The number of hydrogen-bond acceptors (Lipinski definition) is 1. The Morgan fingerprint density at radius 1 is 1.33 bits per heavy atom. The number of hydrogen-bond donors (Lipinski definition) is 0. The fourth-order valence-electron chi connectivity index (χ4n) is 1.38. The van der Waals surface area contributed by atoms with E-state index in [4.69, 9.17) is 0 Å². The summed E-state index contributed by atoms with van der Waals surface area (Å²) in [7, 11) is 0. The van der Waals surface area contributed by atoms with Crippen molar-refractivity contribution >= 4 is 43.6 Å². The monoisotopic (exact) mass is 350 g/mol. The minimum absolute atomic E-state index is 0.784. The zero-order valence-electron chi connectivity index (χ0n) is 8.88. The van der Waals surface area contributed by atoms with Crippen molar-refractivity contribution in [1.29, 1.82) is 0 Å². The van der Waals surface area contributed by atoms with Crippen LogP contribution in [0.25, 0.3) is 0 Å². The molecule has 0 spiro atoms. The molecule has 1 unspecified atom stereocenters. The van der Waals surface area contributed by atoms with Crippen molar-refractivity contribution in [3.05, 3.63) is 28.7 Å². The van der Waals surface area contributed by atoms with E-state index in [1.807, 2.05) is 11.8 Å². The van der Waals surface area contributed by atoms with E-state index in [1.165, 1.54) is 28.0 Å². The van der Waals surface area contributed by atoms with E-state index in [0.29, 0.717) is 0 Å². The third kappa shape index (κ3) is 4.92. The van der Waals surface area contributed by atoms with Crippen LogP contribution in [0, 0.1) is 5.92 Å². The molecule has 3 heteroatoms. The van der Waals surface area contributed by atoms with Gasteiger partial charge in [-0.2, -0.15) is 0 Å². The summed E-state index contributed by atoms with van der Waals surface area (Å²) in [6.45, 7) is 2.25. The highest BCUT2D eigenvalue weighted by Crippen LogP contribution is 2.29. The van der Waals surface area contributed by atoms with Crippen molar-refractivity contribution in [1.82, 2.24) is 0 Å². The molecule has 0 aromatic heterocycles. The number of rotatable bonds is 6. The van der Waals surface area contributed by atoms with E-state index in [-0.39, 0.29) is 0 Å². The molecule has 1 aromatic carbocycles. The van der Waals surface area contributed by atoms with Crippen LogP contribution in [0.1, 0.15) is 19.8 Å². The molecule has 0 saturated carbocycles. The summed E-state index contributed by atoms with van der Waals surface area (Å²) in [5, 5.41) is 1.11. The van der Waals surface area contributed by atoms with Gasteiger partial charge in [0.05, 0.1) is 0 Å². The first kappa shape index (κ1) is 13.6. The Morgan fingerprint density at radius 2 is 2.07 bits per heavy atom. The molecule has 84 valence electrons. The molecule has 1 rings (SSSR count). The molecule has 0 aliphatic carbocycles. The Balaban J connectivity index is 2.45. The molecule has 0 fully saturated rings. The Bertz CT molecular complexity index is 289. The summed E-state index contributed by atoms with van der Waals surface area (Å²) < 4.78 is 1.21. The Morgan fingerprint density at radius 3 is 2.67 bits per heavy atom. The second kappa shape index (κ2) is 7.75. The predicted molar refractivity (Wildman–Crippen MR) is 77.1 cm³/mol. The number of alkyl halides is 1. The molecule has 0 radical (unpaired) electrons. The molecule has 1 atom stereocenters. The van der Waals surface area contributed by atoms with Gasteiger partial charge in [0.1, 0.15) is 0 Å². The quantitative estimate of drug-likeness (QED) is 0.491. The molecule has 0 aliphatic rings. The molecule has 0 saturated heterocycles. The summed E-state index contributed by atoms with van der Waals surface area (Å²) in [6.07, 6.45) is 2.58. The predicted octanol–water partition coefficient (Wildman–Crippen LogP) is 5.35. The van der Waals surface area contributed by atoms with Crippen LogP contribution in [-0.4, -0.2) is 11.1 Å². The van der Waals surface area contributed by atoms with Crippen LogP contribution in [0.3, 0.4) is 0 Å². The van der Waals surface area contributed by atoms with Gasteiger partial charge in [-0.25, -0.2) is 0 Å². The first-order chi connectivity index (χ1) is 7.27. The Labute approximate surface area is 113 Å². The maximum Gasteiger partial charge on any atom is 0.0311 e. The average molecular weight is 352 g/mol. The molecule has 15 heavy (non-hydrogen) atoms. The molecule has 1 aromatic rings. The van der Waals surface area contributed by atoms with Gasteiger partial charge in [-0.15, -0.1) is 11.8 Å². The van der Waals surface area contributed by atoms with Gasteiger partial charge in [0.15, 0.2) is 0 Å². The lowest BCUT2D eigenvalue weighted by Gasteiger charge is -2.12. The lowest BCUT2D eigenvalue weighted by atomic mass is 10.1. The van der Waals surface area contributed by atoms with Crippen LogP contribution < -0.4 is 0 Å². The normalized spacial score (nSPS) is 12.7. The van der Waals surface area contributed by atoms with Gasteiger partial charge >= 0.3 is 0 Å². The van der Waals surface area contributed by atoms with E-state index < -0.39 is 0 Å². The highest BCUT2D eigenvalue weighted by Gasteiger charge is 2.07. The van der Waals surface area contributed by atoms with E-state index in [9.17, 15) is 0 Å². The molecule has 0 bridgehead atoms. The van der Waals surface area contributed by atoms with Crippen LogP contribution in [-0.2, 0) is 0 Å². The van der Waals surface area contributed by atoms with Crippen molar-refractivity contribution in [2.45, 2.75) is 24.7 Å². The fraction of sp³-hybridized carbons (Fsp3) is 0.500. The third-order valence-corrected chi connectivity index (χ3v) is 5.40. The molecule has 0 nitrogen and oxygen atoms in total. The van der Waals surface area contributed by atoms with Crippen molar-refractivity contribution in [2.24, 2.45) is 5.92 Å². The molecular formula is C12H16Br2S. The fourth-order valence-corrected chi connectivity index (χ4v) is 3.95. The van der Waals surface area contributed by atoms with Crippen LogP contribution in [0.4, 0.5) is 0 Å². The van der Waals surface area contributed by atoms with Crippen LogP contribution in [0.15, 0.2) is 33.6 Å². The highest BCUT2D eigenvalue weighted by molar-refractivity contribution is 9.10. The molecular weight excluding hydrogens is 336 g/mol. The van der Waals surface area contributed by atoms with Gasteiger partial charge < -0.3 is 0 Å². The first-order valence-electron chi connectivity index (χ1n) is 5.21. The second-order valence-electron chi connectivity index (χ2n) is 3.55. The van der Waals surface area contributed by atoms with Gasteiger partial charge in [-0.3, -0.25) is 0 Å². The van der Waals surface area contributed by atoms with Crippen molar-refractivity contribution in [3.8, 4) is 0 Å². The number of benzene rings is 1. The summed E-state index contributed by atoms with van der Waals surface area (Å²) in [5.41, 5.74) is 0. The lowest BCUT2D eigenvalue weighted by molar-refractivity contribution is 0.597. The van der Waals surface area contributed by atoms with Crippen LogP contribution >= 0.6 is 43.6 Å². The smallest absolute Gasteiger partial charge is 0.0311 e. The highest BCUT2D eigenvalue weighted by atomic mass is 79.9. The van der Waals surface area contributed by atoms with Crippen molar-refractivity contribution < 1.29 is 0 Å². The van der Waals surface area contributed by atoms with Gasteiger partial charge in [0, 0.05) is 20.5 Å². The van der Waals surface area contributed by atoms with E-state index >= 15 is 0 Å². The largest absolute Gasteiger partial charge is 0.125 e. The van der Waals surface area contributed by atoms with Crippen molar-refractivity contribution in [3.63, 3.8) is 0 Å². The SMILES string of the molecule is CCCC(CBr)CSc1ccccc1Br. The van der Waals surface area contributed by atoms with E-state index in [0.717, 1.165) is 11.2 Å². The van der Waals surface area contributed by atoms with Gasteiger partial charge in [0.2, 0.25) is 0 Å². The summed E-state index contributed by atoms with van der Waals surface area (Å²) in [5.74, 6) is 1.98. The zero-order chi connectivity index (χ0) is 11.1. The first-order valence-corrected chi connectivity index (χ1v) is 8.11. The molecule has 0 amide bonds. The molecule has 0 aliphatic heterocycles. The topological polar surface area (TPSA) is 0 Å². The summed E-state index contributed by atoms with van der Waals surface area (Å²) in [6, 6.07) is 8.43. The standard InChI is InChI=1S/C12H16Br2S/c1-2-5-10(8-13)9-15-12-7-4-3-6-11(12)14/h3-4,6-7,10H,2,5,8-9H2,1H3. The van der Waals surface area contributed by atoms with Gasteiger partial charge in [0.25, 0.3) is 0 Å². The average Bonchev–Trinajstić information content (AvgIpc) is 2.26. The number of thioether (sulfide) groups is 1. The second-order valence-corrected chi connectivity index (χ2v) is 6.11. The van der Waals surface area contributed by atoms with Gasteiger partial charge in [-0.1, -0.05) is 41.4 Å². The molecule has 0 heterocycles. The summed E-state index contributed by atoms with van der Waals surface area (Å²) in [4.78, 5) is 1.35. The van der Waals surface area contributed by atoms with Crippen LogP contribution in [0.2, 0.25) is 0 Å². The Hall–Kier alpha value is 0.530. The minimum atomic E-state index is 0.784. The van der Waals surface area contributed by atoms with E-state index in [2.05, 4.69) is 63.0 Å². The number of halogens is 2. The van der Waals surface area contributed by atoms with Crippen molar-refractivity contribution in [2.75, 3.05) is 11.1 Å². The van der Waals surface area contributed by atoms with E-state index in [1.54, 1.807) is 0 Å². The van der Waals surface area contributed by atoms with Crippen LogP contribution in [0.5, 0.6) is 0 Å². The maximum atomic E-state index is 3.58. The Kier molecular flexibility index (Phi) is 7.02. The maximum absolute atomic E-state index is 3.58. The minimum Gasteiger partial charge on any atom is -0.125 e. The van der Waals surface area contributed by atoms with Gasteiger partial charge in [-0.05, 0) is 40.4 Å². The third-order valence-electron chi connectivity index (χ3n) is 2.23. The lowest BCUT2D eigenvalue weighted by Crippen LogP contribution is -2.04. The molecule has 0 N–H and O–H groups in total.